The van der Waals surface area contributed by atoms with Gasteiger partial charge in [0, 0.05) is 24.4 Å². The smallest absolute Gasteiger partial charge is 0.291 e. The maximum atomic E-state index is 13.5. The number of imide groups is 1. The Morgan fingerprint density at radius 1 is 1.30 bits per heavy atom. The van der Waals surface area contributed by atoms with Gasteiger partial charge in [-0.1, -0.05) is 18.6 Å². The first kappa shape index (κ1) is 16.9. The Bertz CT molecular complexity index is 881. The highest BCUT2D eigenvalue weighted by Gasteiger charge is 2.78. The van der Waals surface area contributed by atoms with Gasteiger partial charge in [0.05, 0.1) is 12.2 Å². The van der Waals surface area contributed by atoms with Crippen LogP contribution in [0.1, 0.15) is 44.2 Å². The molecule has 27 heavy (non-hydrogen) atoms. The Morgan fingerprint density at radius 3 is 2.81 bits per heavy atom. The number of likely N-dealkylation sites (tertiary alicyclic amines) is 1. The molecule has 0 saturated carbocycles. The lowest BCUT2D eigenvalue weighted by atomic mass is 9.75. The van der Waals surface area contributed by atoms with E-state index in [1.54, 1.807) is 0 Å². The molecule has 1 unspecified atom stereocenters. The third-order valence-corrected chi connectivity index (χ3v) is 7.44. The molecule has 2 N–H and O–H groups in total. The van der Waals surface area contributed by atoms with Gasteiger partial charge in [-0.15, -0.1) is 0 Å². The summed E-state index contributed by atoms with van der Waals surface area (Å²) in [5.74, 6) is -1.27. The molecule has 4 aliphatic rings. The van der Waals surface area contributed by atoms with Gasteiger partial charge in [0.2, 0.25) is 17.4 Å². The third kappa shape index (κ3) is 1.82. The van der Waals surface area contributed by atoms with E-state index in [-0.39, 0.29) is 35.7 Å². The number of benzene rings is 1. The predicted octanol–water partition coefficient (Wildman–Crippen LogP) is 0.603. The van der Waals surface area contributed by atoms with Crippen LogP contribution in [0.4, 0.5) is 5.69 Å². The van der Waals surface area contributed by atoms with E-state index in [4.69, 9.17) is 0 Å². The SMILES string of the molecule is CC[C@@H](C)N1C(=O)[C@@H]2[C@H]3CCC[NH+]3[C@@]3(C(=O)Nc4ccc(C)cc43)[C@@H]2C1=O. The van der Waals surface area contributed by atoms with Crippen molar-refractivity contribution >= 4 is 23.4 Å². The second kappa shape index (κ2) is 5.41. The van der Waals surface area contributed by atoms with Gasteiger partial charge in [0.25, 0.3) is 5.91 Å². The van der Waals surface area contributed by atoms with Crippen molar-refractivity contribution in [1.29, 1.82) is 0 Å². The number of carbonyl (C=O) groups is 3. The average Bonchev–Trinajstić information content (AvgIpc) is 3.33. The molecule has 3 fully saturated rings. The molecule has 1 aromatic carbocycles. The molecule has 0 aromatic heterocycles. The van der Waals surface area contributed by atoms with Gasteiger partial charge in [0.1, 0.15) is 17.9 Å². The van der Waals surface area contributed by atoms with Gasteiger partial charge in [-0.25, -0.2) is 0 Å². The molecule has 4 aliphatic heterocycles. The van der Waals surface area contributed by atoms with Crippen LogP contribution in [-0.4, -0.2) is 41.2 Å². The first-order chi connectivity index (χ1) is 12.9. The largest absolute Gasteiger partial charge is 0.320 e. The number of carbonyl (C=O) groups excluding carboxylic acids is 3. The molecule has 5 rings (SSSR count). The van der Waals surface area contributed by atoms with Crippen LogP contribution in [0, 0.1) is 18.8 Å². The molecular formula is C21H26N3O3+. The zero-order valence-electron chi connectivity index (χ0n) is 16.0. The number of quaternary nitrogens is 1. The third-order valence-electron chi connectivity index (χ3n) is 7.44. The summed E-state index contributed by atoms with van der Waals surface area (Å²) in [4.78, 5) is 42.9. The molecule has 0 bridgehead atoms. The number of hydrogen-bond acceptors (Lipinski definition) is 3. The fourth-order valence-corrected chi connectivity index (χ4v) is 6.21. The summed E-state index contributed by atoms with van der Waals surface area (Å²) in [6.07, 6.45) is 2.62. The van der Waals surface area contributed by atoms with Crippen molar-refractivity contribution in [2.45, 2.75) is 57.7 Å². The number of aryl methyl sites for hydroxylation is 1. The number of amides is 3. The van der Waals surface area contributed by atoms with Gasteiger partial charge in [-0.05, 0) is 32.4 Å². The van der Waals surface area contributed by atoms with Crippen LogP contribution in [0.3, 0.4) is 0 Å². The molecule has 3 amide bonds. The van der Waals surface area contributed by atoms with Crippen molar-refractivity contribution in [3.63, 3.8) is 0 Å². The molecule has 0 aliphatic carbocycles. The van der Waals surface area contributed by atoms with E-state index in [2.05, 4.69) is 5.32 Å². The number of hydrogen-bond donors (Lipinski definition) is 2. The molecule has 6 heteroatoms. The first-order valence-corrected chi connectivity index (χ1v) is 10.1. The van der Waals surface area contributed by atoms with E-state index in [1.807, 2.05) is 39.0 Å². The summed E-state index contributed by atoms with van der Waals surface area (Å²) in [6, 6.07) is 5.88. The lowest BCUT2D eigenvalue weighted by molar-refractivity contribution is -0.948. The Labute approximate surface area is 158 Å². The highest BCUT2D eigenvalue weighted by Crippen LogP contribution is 2.52. The highest BCUT2D eigenvalue weighted by molar-refractivity contribution is 6.14. The van der Waals surface area contributed by atoms with Crippen LogP contribution in [0.5, 0.6) is 0 Å². The lowest BCUT2D eigenvalue weighted by Crippen LogP contribution is -3.19. The highest BCUT2D eigenvalue weighted by atomic mass is 16.2. The molecule has 1 aromatic rings. The van der Waals surface area contributed by atoms with E-state index in [1.165, 1.54) is 4.90 Å². The van der Waals surface area contributed by atoms with Crippen LogP contribution in [-0.2, 0) is 19.9 Å². The van der Waals surface area contributed by atoms with Gasteiger partial charge in [-0.3, -0.25) is 19.3 Å². The van der Waals surface area contributed by atoms with Crippen molar-refractivity contribution < 1.29 is 19.3 Å². The van der Waals surface area contributed by atoms with E-state index in [0.29, 0.717) is 0 Å². The van der Waals surface area contributed by atoms with Crippen molar-refractivity contribution in [2.75, 3.05) is 11.9 Å². The van der Waals surface area contributed by atoms with Crippen molar-refractivity contribution in [3.8, 4) is 0 Å². The van der Waals surface area contributed by atoms with E-state index < -0.39 is 11.5 Å². The molecule has 6 nitrogen and oxygen atoms in total. The summed E-state index contributed by atoms with van der Waals surface area (Å²) in [7, 11) is 0. The predicted molar refractivity (Wildman–Crippen MR) is 98.9 cm³/mol. The average molecular weight is 368 g/mol. The van der Waals surface area contributed by atoms with Gasteiger partial charge < -0.3 is 10.2 Å². The standard InChI is InChI=1S/C21H25N3O3/c1-4-12(3)24-18(25)16-15-6-5-9-23(15)21(17(16)19(24)26)13-10-11(2)7-8-14(13)22-20(21)27/h7-8,10,12,15-17H,4-6,9H2,1-3H3,(H,22,27)/p+1/t12-,15-,16-,17+,21-/m1/s1. The zero-order valence-corrected chi connectivity index (χ0v) is 16.0. The fraction of sp³-hybridized carbons (Fsp3) is 0.571. The molecule has 0 radical (unpaired) electrons. The zero-order chi connectivity index (χ0) is 19.1. The first-order valence-electron chi connectivity index (χ1n) is 10.1. The van der Waals surface area contributed by atoms with E-state index in [9.17, 15) is 14.4 Å². The summed E-state index contributed by atoms with van der Waals surface area (Å²) in [5.41, 5.74) is 1.82. The van der Waals surface area contributed by atoms with Crippen LogP contribution in [0.2, 0.25) is 0 Å². The minimum atomic E-state index is -0.956. The molecular weight excluding hydrogens is 342 g/mol. The van der Waals surface area contributed by atoms with Crippen LogP contribution in [0.25, 0.3) is 0 Å². The fourth-order valence-electron chi connectivity index (χ4n) is 6.21. The Hall–Kier alpha value is -2.21. The maximum Gasteiger partial charge on any atom is 0.291 e. The Kier molecular flexibility index (Phi) is 3.39. The number of rotatable bonds is 2. The van der Waals surface area contributed by atoms with E-state index in [0.717, 1.165) is 47.5 Å². The summed E-state index contributed by atoms with van der Waals surface area (Å²) in [6.45, 7) is 6.76. The minimum absolute atomic E-state index is 0.0534. The maximum absolute atomic E-state index is 13.5. The van der Waals surface area contributed by atoms with Gasteiger partial charge >= 0.3 is 0 Å². The molecule has 142 valence electrons. The minimum Gasteiger partial charge on any atom is -0.320 e. The summed E-state index contributed by atoms with van der Waals surface area (Å²) >= 11 is 0. The molecule has 3 saturated heterocycles. The number of nitrogens with zero attached hydrogens (tertiary/aromatic N) is 1. The summed E-state index contributed by atoms with van der Waals surface area (Å²) in [5, 5.41) is 3.03. The Morgan fingerprint density at radius 2 is 2.07 bits per heavy atom. The van der Waals surface area contributed by atoms with Gasteiger partial charge in [0.15, 0.2) is 0 Å². The lowest BCUT2D eigenvalue weighted by Gasteiger charge is -2.34. The Balaban J connectivity index is 1.74. The number of anilines is 1. The molecule has 1 spiro atoms. The monoisotopic (exact) mass is 368 g/mol. The van der Waals surface area contributed by atoms with Crippen LogP contribution < -0.4 is 10.2 Å². The number of nitrogens with one attached hydrogen (secondary N) is 2. The van der Waals surface area contributed by atoms with Gasteiger partial charge in [-0.2, -0.15) is 0 Å². The second-order valence-electron chi connectivity index (χ2n) is 8.64. The molecule has 6 atom stereocenters. The van der Waals surface area contributed by atoms with Crippen molar-refractivity contribution in [3.05, 3.63) is 29.3 Å². The topological polar surface area (TPSA) is 70.9 Å². The van der Waals surface area contributed by atoms with Crippen molar-refractivity contribution in [1.82, 2.24) is 4.90 Å². The van der Waals surface area contributed by atoms with Crippen LogP contribution in [0.15, 0.2) is 18.2 Å². The quantitative estimate of drug-likeness (QED) is 0.751. The normalized spacial score (nSPS) is 37.6. The van der Waals surface area contributed by atoms with Crippen LogP contribution >= 0.6 is 0 Å². The van der Waals surface area contributed by atoms with Crippen molar-refractivity contribution in [2.24, 2.45) is 11.8 Å². The second-order valence-corrected chi connectivity index (χ2v) is 8.64. The van der Waals surface area contributed by atoms with E-state index >= 15 is 0 Å². The molecule has 4 heterocycles. The number of fused-ring (bicyclic) bond motifs is 7. The summed E-state index contributed by atoms with van der Waals surface area (Å²) < 4.78 is 0.